The van der Waals surface area contributed by atoms with Gasteiger partial charge in [-0.1, -0.05) is 43.3 Å². The van der Waals surface area contributed by atoms with E-state index in [9.17, 15) is 9.59 Å². The van der Waals surface area contributed by atoms with Gasteiger partial charge in [-0.3, -0.25) is 9.59 Å². The molecular formula is C22H22N2O3S. The SMILES string of the molecule is CCCCN1C(=O)C(=C2Sc3cc(OCC)ccc3NC2=O)c2ccccc21. The summed E-state index contributed by atoms with van der Waals surface area (Å²) in [4.78, 5) is 29.2. The quantitative estimate of drug-likeness (QED) is 0.748. The number of nitrogens with one attached hydrogen (secondary N) is 1. The molecule has 0 bridgehead atoms. The molecule has 0 saturated carbocycles. The molecule has 0 unspecified atom stereocenters. The standard InChI is InChI=1S/C22H22N2O3S/c1-3-5-12-24-17-9-7-6-8-15(17)19(22(24)26)20-21(25)23-16-11-10-14(27-4-2)13-18(16)28-20/h6-11,13H,3-5,12H2,1-2H3,(H,23,25). The number of rotatable bonds is 5. The Labute approximate surface area is 168 Å². The molecule has 2 amide bonds. The Morgan fingerprint density at radius 1 is 1.11 bits per heavy atom. The van der Waals surface area contributed by atoms with E-state index in [-0.39, 0.29) is 11.8 Å². The topological polar surface area (TPSA) is 58.6 Å². The first-order valence-corrected chi connectivity index (χ1v) is 10.4. The lowest BCUT2D eigenvalue weighted by atomic mass is 10.1. The van der Waals surface area contributed by atoms with Gasteiger partial charge in [0.05, 0.1) is 28.5 Å². The van der Waals surface area contributed by atoms with Gasteiger partial charge in [-0.15, -0.1) is 0 Å². The zero-order valence-corrected chi connectivity index (χ0v) is 16.8. The van der Waals surface area contributed by atoms with E-state index in [1.54, 1.807) is 4.90 Å². The maximum absolute atomic E-state index is 13.2. The Morgan fingerprint density at radius 2 is 1.93 bits per heavy atom. The highest BCUT2D eigenvalue weighted by Gasteiger charge is 2.37. The van der Waals surface area contributed by atoms with Gasteiger partial charge in [0.15, 0.2) is 0 Å². The van der Waals surface area contributed by atoms with Crippen molar-refractivity contribution in [2.24, 2.45) is 0 Å². The highest BCUT2D eigenvalue weighted by atomic mass is 32.2. The van der Waals surface area contributed by atoms with Crippen molar-refractivity contribution < 1.29 is 14.3 Å². The van der Waals surface area contributed by atoms with E-state index in [0.717, 1.165) is 40.4 Å². The van der Waals surface area contributed by atoms with Crippen LogP contribution in [0.15, 0.2) is 52.3 Å². The molecule has 2 aliphatic heterocycles. The number of anilines is 2. The fraction of sp³-hybridized carbons (Fsp3) is 0.273. The third-order valence-electron chi connectivity index (χ3n) is 4.82. The van der Waals surface area contributed by atoms with Gasteiger partial charge in [-0.25, -0.2) is 0 Å². The molecular weight excluding hydrogens is 372 g/mol. The Balaban J connectivity index is 1.79. The monoisotopic (exact) mass is 394 g/mol. The first-order valence-electron chi connectivity index (χ1n) is 9.55. The van der Waals surface area contributed by atoms with Crippen LogP contribution in [0.3, 0.4) is 0 Å². The molecule has 144 valence electrons. The van der Waals surface area contributed by atoms with Gasteiger partial charge >= 0.3 is 0 Å². The van der Waals surface area contributed by atoms with Gasteiger partial charge in [-0.05, 0) is 37.6 Å². The second-order valence-electron chi connectivity index (χ2n) is 6.68. The summed E-state index contributed by atoms with van der Waals surface area (Å²) in [7, 11) is 0. The first-order chi connectivity index (χ1) is 13.6. The summed E-state index contributed by atoms with van der Waals surface area (Å²) in [6.07, 6.45) is 1.92. The second kappa shape index (κ2) is 7.72. The van der Waals surface area contributed by atoms with Crippen LogP contribution in [0.2, 0.25) is 0 Å². The van der Waals surface area contributed by atoms with E-state index in [0.29, 0.717) is 23.6 Å². The summed E-state index contributed by atoms with van der Waals surface area (Å²) in [6, 6.07) is 13.3. The van der Waals surface area contributed by atoms with Crippen LogP contribution in [0.1, 0.15) is 32.3 Å². The number of carbonyl (C=O) groups is 2. The van der Waals surface area contributed by atoms with Gasteiger partial charge < -0.3 is 15.0 Å². The second-order valence-corrected chi connectivity index (χ2v) is 7.73. The zero-order chi connectivity index (χ0) is 19.7. The number of thioether (sulfide) groups is 1. The Hall–Kier alpha value is -2.73. The highest BCUT2D eigenvalue weighted by Crippen LogP contribution is 2.47. The van der Waals surface area contributed by atoms with Crippen molar-refractivity contribution in [2.75, 3.05) is 23.4 Å². The summed E-state index contributed by atoms with van der Waals surface area (Å²) < 4.78 is 5.58. The average molecular weight is 394 g/mol. The Morgan fingerprint density at radius 3 is 2.71 bits per heavy atom. The molecule has 0 fully saturated rings. The normalized spacial score (nSPS) is 18.0. The molecule has 0 aromatic heterocycles. The van der Waals surface area contributed by atoms with Gasteiger partial charge in [0.1, 0.15) is 5.75 Å². The molecule has 4 rings (SSSR count). The molecule has 28 heavy (non-hydrogen) atoms. The van der Waals surface area contributed by atoms with Gasteiger partial charge in [0, 0.05) is 17.0 Å². The molecule has 1 N–H and O–H groups in total. The van der Waals surface area contributed by atoms with E-state index in [2.05, 4.69) is 12.2 Å². The van der Waals surface area contributed by atoms with Gasteiger partial charge in [0.25, 0.3) is 11.8 Å². The van der Waals surface area contributed by atoms with Crippen molar-refractivity contribution >= 4 is 40.5 Å². The molecule has 2 aliphatic rings. The minimum Gasteiger partial charge on any atom is -0.494 e. The van der Waals surface area contributed by atoms with E-state index in [1.165, 1.54) is 11.8 Å². The van der Waals surface area contributed by atoms with Crippen LogP contribution >= 0.6 is 11.8 Å². The van der Waals surface area contributed by atoms with Crippen LogP contribution in [0.5, 0.6) is 5.75 Å². The molecule has 2 heterocycles. The van der Waals surface area contributed by atoms with Crippen molar-refractivity contribution in [3.63, 3.8) is 0 Å². The number of benzene rings is 2. The fourth-order valence-electron chi connectivity index (χ4n) is 3.48. The number of ether oxygens (including phenoxy) is 1. The number of para-hydroxylation sites is 1. The lowest BCUT2D eigenvalue weighted by Gasteiger charge is -2.21. The largest absolute Gasteiger partial charge is 0.494 e. The van der Waals surface area contributed by atoms with Crippen molar-refractivity contribution in [2.45, 2.75) is 31.6 Å². The number of hydrogen-bond donors (Lipinski definition) is 1. The maximum atomic E-state index is 13.2. The van der Waals surface area contributed by atoms with Crippen LogP contribution in [-0.2, 0) is 9.59 Å². The van der Waals surface area contributed by atoms with Crippen LogP contribution in [-0.4, -0.2) is 25.0 Å². The predicted molar refractivity (Wildman–Crippen MR) is 113 cm³/mol. The van der Waals surface area contributed by atoms with Crippen LogP contribution in [0.25, 0.3) is 5.57 Å². The highest BCUT2D eigenvalue weighted by molar-refractivity contribution is 8.04. The van der Waals surface area contributed by atoms with E-state index in [4.69, 9.17) is 4.74 Å². The Bertz CT molecular complexity index is 983. The molecule has 0 saturated heterocycles. The molecule has 2 aromatic rings. The molecule has 6 heteroatoms. The molecule has 0 aliphatic carbocycles. The minimum absolute atomic E-state index is 0.100. The fourth-order valence-corrected chi connectivity index (χ4v) is 4.55. The number of nitrogens with zero attached hydrogens (tertiary/aromatic N) is 1. The maximum Gasteiger partial charge on any atom is 0.263 e. The molecule has 2 aromatic carbocycles. The van der Waals surface area contributed by atoms with Crippen molar-refractivity contribution in [3.8, 4) is 5.75 Å². The summed E-state index contributed by atoms with van der Waals surface area (Å²) >= 11 is 1.34. The van der Waals surface area contributed by atoms with E-state index >= 15 is 0 Å². The summed E-state index contributed by atoms with van der Waals surface area (Å²) in [5, 5.41) is 2.92. The van der Waals surface area contributed by atoms with Crippen LogP contribution in [0, 0.1) is 0 Å². The number of fused-ring (bicyclic) bond motifs is 2. The number of amides is 2. The van der Waals surface area contributed by atoms with E-state index < -0.39 is 0 Å². The number of unbranched alkanes of at least 4 members (excludes halogenated alkanes) is 1. The zero-order valence-electron chi connectivity index (χ0n) is 16.0. The number of hydrogen-bond acceptors (Lipinski definition) is 4. The van der Waals surface area contributed by atoms with Gasteiger partial charge in [-0.2, -0.15) is 0 Å². The summed E-state index contributed by atoms with van der Waals surface area (Å²) in [5.74, 6) is 0.408. The lowest BCUT2D eigenvalue weighted by molar-refractivity contribution is -0.114. The lowest BCUT2D eigenvalue weighted by Crippen LogP contribution is -2.28. The minimum atomic E-state index is -0.239. The van der Waals surface area contributed by atoms with E-state index in [1.807, 2.05) is 49.4 Å². The number of carbonyl (C=O) groups excluding carboxylic acids is 2. The molecule has 0 spiro atoms. The van der Waals surface area contributed by atoms with Crippen molar-refractivity contribution in [3.05, 3.63) is 52.9 Å². The predicted octanol–water partition coefficient (Wildman–Crippen LogP) is 4.69. The van der Waals surface area contributed by atoms with Gasteiger partial charge in [0.2, 0.25) is 0 Å². The molecule has 0 radical (unpaired) electrons. The third-order valence-corrected chi connectivity index (χ3v) is 5.97. The molecule has 0 atom stereocenters. The average Bonchev–Trinajstić information content (AvgIpc) is 2.97. The van der Waals surface area contributed by atoms with Crippen LogP contribution in [0.4, 0.5) is 11.4 Å². The third kappa shape index (κ3) is 3.18. The van der Waals surface area contributed by atoms with Crippen LogP contribution < -0.4 is 15.0 Å². The smallest absolute Gasteiger partial charge is 0.263 e. The first kappa shape index (κ1) is 18.6. The summed E-state index contributed by atoms with van der Waals surface area (Å²) in [5.41, 5.74) is 2.93. The van der Waals surface area contributed by atoms with Crippen molar-refractivity contribution in [1.82, 2.24) is 0 Å². The molecule has 5 nitrogen and oxygen atoms in total. The Kier molecular flexibility index (Phi) is 5.13. The summed E-state index contributed by atoms with van der Waals surface area (Å²) in [6.45, 7) is 5.26. The van der Waals surface area contributed by atoms with Crippen molar-refractivity contribution in [1.29, 1.82) is 0 Å².